The van der Waals surface area contributed by atoms with E-state index in [-0.39, 0.29) is 17.8 Å². The SMILES string of the molecule is COC(=O)C1CCN(C(=O)c2cnccn2)C1. The van der Waals surface area contributed by atoms with Gasteiger partial charge in [-0.25, -0.2) is 4.98 Å². The predicted octanol–water partition coefficient (Wildman–Crippen LogP) is 0.112. The summed E-state index contributed by atoms with van der Waals surface area (Å²) >= 11 is 0. The maximum atomic E-state index is 12.0. The van der Waals surface area contributed by atoms with E-state index in [1.54, 1.807) is 4.90 Å². The zero-order chi connectivity index (χ0) is 12.3. The summed E-state index contributed by atoms with van der Waals surface area (Å²) in [6.07, 6.45) is 5.05. The van der Waals surface area contributed by atoms with Crippen molar-refractivity contribution in [2.45, 2.75) is 6.42 Å². The molecular weight excluding hydrogens is 222 g/mol. The Kier molecular flexibility index (Phi) is 3.32. The van der Waals surface area contributed by atoms with Gasteiger partial charge in [-0.05, 0) is 6.42 Å². The van der Waals surface area contributed by atoms with Crippen molar-refractivity contribution in [3.8, 4) is 0 Å². The van der Waals surface area contributed by atoms with Gasteiger partial charge < -0.3 is 9.64 Å². The van der Waals surface area contributed by atoms with E-state index in [4.69, 9.17) is 0 Å². The highest BCUT2D eigenvalue weighted by molar-refractivity contribution is 5.92. The van der Waals surface area contributed by atoms with Crippen LogP contribution in [0.25, 0.3) is 0 Å². The minimum Gasteiger partial charge on any atom is -0.469 e. The number of hydrogen-bond acceptors (Lipinski definition) is 5. The average molecular weight is 235 g/mol. The first-order chi connectivity index (χ1) is 8.22. The molecule has 1 aromatic rings. The molecular formula is C11H13N3O3. The van der Waals surface area contributed by atoms with Crippen LogP contribution in [-0.2, 0) is 9.53 Å². The summed E-state index contributed by atoms with van der Waals surface area (Å²) in [7, 11) is 1.36. The van der Waals surface area contributed by atoms with Gasteiger partial charge in [0.1, 0.15) is 5.69 Å². The number of rotatable bonds is 2. The fourth-order valence-electron chi connectivity index (χ4n) is 1.88. The predicted molar refractivity (Wildman–Crippen MR) is 58.1 cm³/mol. The van der Waals surface area contributed by atoms with E-state index in [9.17, 15) is 9.59 Å². The van der Waals surface area contributed by atoms with Crippen LogP contribution in [0.1, 0.15) is 16.9 Å². The Morgan fingerprint density at radius 2 is 2.29 bits per heavy atom. The number of methoxy groups -OCH3 is 1. The lowest BCUT2D eigenvalue weighted by Crippen LogP contribution is -2.30. The van der Waals surface area contributed by atoms with E-state index in [0.29, 0.717) is 25.2 Å². The summed E-state index contributed by atoms with van der Waals surface area (Å²) in [5.74, 6) is -0.676. The van der Waals surface area contributed by atoms with E-state index >= 15 is 0 Å². The molecule has 0 radical (unpaired) electrons. The summed E-state index contributed by atoms with van der Waals surface area (Å²) in [6, 6.07) is 0. The molecule has 0 N–H and O–H groups in total. The number of carbonyl (C=O) groups is 2. The Bertz CT molecular complexity index is 421. The number of likely N-dealkylation sites (tertiary alicyclic amines) is 1. The molecule has 0 aliphatic carbocycles. The van der Waals surface area contributed by atoms with Gasteiger partial charge in [-0.1, -0.05) is 0 Å². The number of aromatic nitrogens is 2. The lowest BCUT2D eigenvalue weighted by atomic mass is 10.1. The maximum Gasteiger partial charge on any atom is 0.310 e. The van der Waals surface area contributed by atoms with E-state index in [1.807, 2.05) is 0 Å². The van der Waals surface area contributed by atoms with Crippen LogP contribution in [-0.4, -0.2) is 46.9 Å². The van der Waals surface area contributed by atoms with Gasteiger partial charge in [0.15, 0.2) is 0 Å². The van der Waals surface area contributed by atoms with Crippen molar-refractivity contribution in [2.24, 2.45) is 5.92 Å². The molecule has 0 spiro atoms. The lowest BCUT2D eigenvalue weighted by molar-refractivity contribution is -0.144. The Morgan fingerprint density at radius 1 is 1.47 bits per heavy atom. The third-order valence-electron chi connectivity index (χ3n) is 2.79. The monoisotopic (exact) mass is 235 g/mol. The molecule has 17 heavy (non-hydrogen) atoms. The van der Waals surface area contributed by atoms with Crippen LogP contribution in [0.2, 0.25) is 0 Å². The van der Waals surface area contributed by atoms with Gasteiger partial charge in [-0.3, -0.25) is 14.6 Å². The van der Waals surface area contributed by atoms with Crippen molar-refractivity contribution < 1.29 is 14.3 Å². The molecule has 2 heterocycles. The molecule has 1 aliphatic rings. The molecule has 1 unspecified atom stereocenters. The smallest absolute Gasteiger partial charge is 0.310 e. The van der Waals surface area contributed by atoms with Crippen molar-refractivity contribution in [3.05, 3.63) is 24.3 Å². The third kappa shape index (κ3) is 2.41. The number of esters is 1. The van der Waals surface area contributed by atoms with Gasteiger partial charge in [-0.15, -0.1) is 0 Å². The average Bonchev–Trinajstić information content (AvgIpc) is 2.87. The fourth-order valence-corrected chi connectivity index (χ4v) is 1.88. The van der Waals surface area contributed by atoms with E-state index < -0.39 is 0 Å². The molecule has 1 aliphatic heterocycles. The number of carbonyl (C=O) groups excluding carboxylic acids is 2. The highest BCUT2D eigenvalue weighted by Gasteiger charge is 2.32. The minimum atomic E-state index is -0.264. The second-order valence-electron chi connectivity index (χ2n) is 3.85. The standard InChI is InChI=1S/C11H13N3O3/c1-17-11(16)8-2-5-14(7-8)10(15)9-6-12-3-4-13-9/h3-4,6,8H,2,5,7H2,1H3. The maximum absolute atomic E-state index is 12.0. The third-order valence-corrected chi connectivity index (χ3v) is 2.79. The van der Waals surface area contributed by atoms with Gasteiger partial charge in [0.05, 0.1) is 19.2 Å². The molecule has 1 amide bonds. The zero-order valence-corrected chi connectivity index (χ0v) is 9.50. The van der Waals surface area contributed by atoms with Crippen molar-refractivity contribution in [1.82, 2.24) is 14.9 Å². The summed E-state index contributed by atoms with van der Waals surface area (Å²) in [5, 5.41) is 0. The topological polar surface area (TPSA) is 72.4 Å². The van der Waals surface area contributed by atoms with Crippen LogP contribution in [0.4, 0.5) is 0 Å². The first kappa shape index (κ1) is 11.5. The molecule has 6 nitrogen and oxygen atoms in total. The second kappa shape index (κ2) is 4.90. The van der Waals surface area contributed by atoms with Crippen molar-refractivity contribution in [1.29, 1.82) is 0 Å². The molecule has 0 aromatic carbocycles. The van der Waals surface area contributed by atoms with Crippen LogP contribution in [0.3, 0.4) is 0 Å². The van der Waals surface area contributed by atoms with E-state index in [1.165, 1.54) is 25.7 Å². The molecule has 1 fully saturated rings. The molecule has 1 aromatic heterocycles. The first-order valence-electron chi connectivity index (χ1n) is 5.35. The summed E-state index contributed by atoms with van der Waals surface area (Å²) in [5.41, 5.74) is 0.304. The Labute approximate surface area is 98.6 Å². The largest absolute Gasteiger partial charge is 0.469 e. The number of nitrogens with zero attached hydrogens (tertiary/aromatic N) is 3. The number of hydrogen-bond donors (Lipinski definition) is 0. The zero-order valence-electron chi connectivity index (χ0n) is 9.50. The number of amides is 1. The summed E-state index contributed by atoms with van der Waals surface area (Å²) in [6.45, 7) is 0.942. The minimum absolute atomic E-state index is 0.190. The molecule has 1 atom stereocenters. The van der Waals surface area contributed by atoms with Gasteiger partial charge in [0.25, 0.3) is 5.91 Å². The molecule has 0 saturated carbocycles. The van der Waals surface area contributed by atoms with Gasteiger partial charge in [-0.2, -0.15) is 0 Å². The quantitative estimate of drug-likeness (QED) is 0.680. The van der Waals surface area contributed by atoms with Crippen LogP contribution in [0.15, 0.2) is 18.6 Å². The highest BCUT2D eigenvalue weighted by Crippen LogP contribution is 2.18. The molecule has 90 valence electrons. The van der Waals surface area contributed by atoms with E-state index in [0.717, 1.165) is 0 Å². The number of ether oxygens (including phenoxy) is 1. The lowest BCUT2D eigenvalue weighted by Gasteiger charge is -2.14. The van der Waals surface area contributed by atoms with Gasteiger partial charge in [0, 0.05) is 25.5 Å². The summed E-state index contributed by atoms with van der Waals surface area (Å²) in [4.78, 5) is 32.7. The van der Waals surface area contributed by atoms with Gasteiger partial charge >= 0.3 is 5.97 Å². The van der Waals surface area contributed by atoms with Crippen LogP contribution >= 0.6 is 0 Å². The Hall–Kier alpha value is -1.98. The normalized spacial score (nSPS) is 19.1. The molecule has 0 bridgehead atoms. The van der Waals surface area contributed by atoms with Gasteiger partial charge in [0.2, 0.25) is 0 Å². The van der Waals surface area contributed by atoms with Crippen LogP contribution < -0.4 is 0 Å². The first-order valence-corrected chi connectivity index (χ1v) is 5.35. The molecule has 2 rings (SSSR count). The summed E-state index contributed by atoms with van der Waals surface area (Å²) < 4.78 is 4.66. The van der Waals surface area contributed by atoms with Crippen LogP contribution in [0, 0.1) is 5.92 Å². The molecule has 1 saturated heterocycles. The Morgan fingerprint density at radius 3 is 2.94 bits per heavy atom. The highest BCUT2D eigenvalue weighted by atomic mass is 16.5. The van der Waals surface area contributed by atoms with E-state index in [2.05, 4.69) is 14.7 Å². The van der Waals surface area contributed by atoms with Crippen molar-refractivity contribution in [3.63, 3.8) is 0 Å². The second-order valence-corrected chi connectivity index (χ2v) is 3.85. The fraction of sp³-hybridized carbons (Fsp3) is 0.455. The van der Waals surface area contributed by atoms with Crippen molar-refractivity contribution >= 4 is 11.9 Å². The Balaban J connectivity index is 2.02. The van der Waals surface area contributed by atoms with Crippen LogP contribution in [0.5, 0.6) is 0 Å². The van der Waals surface area contributed by atoms with Crippen molar-refractivity contribution in [2.75, 3.05) is 20.2 Å². The molecule has 6 heteroatoms.